The molecular formula is C15H18N4O2S. The average Bonchev–Trinajstić information content (AvgIpc) is 2.99. The van der Waals surface area contributed by atoms with E-state index in [1.165, 1.54) is 11.3 Å². The van der Waals surface area contributed by atoms with Gasteiger partial charge in [-0.05, 0) is 25.0 Å². The van der Waals surface area contributed by atoms with Crippen LogP contribution in [0.1, 0.15) is 25.7 Å². The Morgan fingerprint density at radius 1 is 1.32 bits per heavy atom. The molecule has 0 aliphatic heterocycles. The fourth-order valence-corrected chi connectivity index (χ4v) is 3.27. The second-order valence-corrected chi connectivity index (χ2v) is 6.17. The number of carbonyl (C=O) groups excluding carboxylic acids is 1. The van der Waals surface area contributed by atoms with E-state index in [0.717, 1.165) is 36.4 Å². The van der Waals surface area contributed by atoms with Crippen LogP contribution in [0, 0.1) is 0 Å². The summed E-state index contributed by atoms with van der Waals surface area (Å²) >= 11 is 1.43. The smallest absolute Gasteiger partial charge is 0.320 e. The molecule has 2 heterocycles. The van der Waals surface area contributed by atoms with Crippen LogP contribution in [0.5, 0.6) is 0 Å². The molecule has 0 spiro atoms. The molecule has 1 aliphatic carbocycles. The van der Waals surface area contributed by atoms with Crippen molar-refractivity contribution in [2.45, 2.75) is 37.8 Å². The third-order valence-electron chi connectivity index (χ3n) is 3.68. The molecule has 1 fully saturated rings. The maximum atomic E-state index is 12.0. The highest BCUT2D eigenvalue weighted by Gasteiger charge is 2.24. The molecule has 0 radical (unpaired) electrons. The summed E-state index contributed by atoms with van der Waals surface area (Å²) in [5.74, 6) is 0.494. The third kappa shape index (κ3) is 3.61. The van der Waals surface area contributed by atoms with Gasteiger partial charge in [-0.15, -0.1) is 11.3 Å². The summed E-state index contributed by atoms with van der Waals surface area (Å²) in [6.07, 6.45) is 4.85. The third-order valence-corrected chi connectivity index (χ3v) is 4.54. The standard InChI is InChI=1S/C15H18N4O2S/c20-12-7-2-1-5-10(12)17-15(21)19-13-9-22-14(18-13)11-6-3-4-8-16-11/h3-4,6,8-10,12,20H,1-2,5,7H2,(H2,17,19,21)/t10-,12+/m0/s1. The SMILES string of the molecule is O=C(Nc1csc(-c2ccccn2)n1)N[C@H]1CCCC[C@H]1O. The van der Waals surface area contributed by atoms with Crippen molar-refractivity contribution in [3.05, 3.63) is 29.8 Å². The molecule has 0 saturated heterocycles. The number of urea groups is 1. The lowest BCUT2D eigenvalue weighted by Gasteiger charge is -2.28. The number of hydrogen-bond acceptors (Lipinski definition) is 5. The van der Waals surface area contributed by atoms with E-state index in [4.69, 9.17) is 0 Å². The quantitative estimate of drug-likeness (QED) is 0.812. The van der Waals surface area contributed by atoms with Gasteiger partial charge in [-0.25, -0.2) is 9.78 Å². The Morgan fingerprint density at radius 3 is 2.95 bits per heavy atom. The Hall–Kier alpha value is -1.99. The molecule has 0 unspecified atom stereocenters. The summed E-state index contributed by atoms with van der Waals surface area (Å²) in [5, 5.41) is 17.9. The molecular weight excluding hydrogens is 300 g/mol. The fraction of sp³-hybridized carbons (Fsp3) is 0.400. The van der Waals surface area contributed by atoms with Gasteiger partial charge >= 0.3 is 6.03 Å². The molecule has 3 rings (SSSR count). The van der Waals surface area contributed by atoms with Gasteiger partial charge in [0.15, 0.2) is 0 Å². The minimum Gasteiger partial charge on any atom is -0.391 e. The number of aromatic nitrogens is 2. The summed E-state index contributed by atoms with van der Waals surface area (Å²) in [6, 6.07) is 5.11. The number of thiazole rings is 1. The maximum Gasteiger partial charge on any atom is 0.320 e. The van der Waals surface area contributed by atoms with E-state index in [2.05, 4.69) is 20.6 Å². The predicted molar refractivity (Wildman–Crippen MR) is 85.8 cm³/mol. The first-order chi connectivity index (χ1) is 10.7. The van der Waals surface area contributed by atoms with Crippen molar-refractivity contribution >= 4 is 23.2 Å². The zero-order chi connectivity index (χ0) is 15.4. The van der Waals surface area contributed by atoms with E-state index in [-0.39, 0.29) is 12.1 Å². The van der Waals surface area contributed by atoms with E-state index < -0.39 is 6.10 Å². The van der Waals surface area contributed by atoms with Crippen molar-refractivity contribution in [2.24, 2.45) is 0 Å². The van der Waals surface area contributed by atoms with Crippen LogP contribution in [0.3, 0.4) is 0 Å². The molecule has 2 aromatic heterocycles. The lowest BCUT2D eigenvalue weighted by molar-refractivity contribution is 0.0955. The van der Waals surface area contributed by atoms with E-state index in [1.807, 2.05) is 18.2 Å². The first kappa shape index (κ1) is 14.9. The number of nitrogens with zero attached hydrogens (tertiary/aromatic N) is 2. The number of aliphatic hydroxyl groups excluding tert-OH is 1. The van der Waals surface area contributed by atoms with Crippen molar-refractivity contribution in [2.75, 3.05) is 5.32 Å². The lowest BCUT2D eigenvalue weighted by atomic mass is 9.93. The molecule has 22 heavy (non-hydrogen) atoms. The summed E-state index contributed by atoms with van der Waals surface area (Å²) < 4.78 is 0. The van der Waals surface area contributed by atoms with Crippen LogP contribution in [-0.2, 0) is 0 Å². The van der Waals surface area contributed by atoms with Crippen LogP contribution >= 0.6 is 11.3 Å². The summed E-state index contributed by atoms with van der Waals surface area (Å²) in [7, 11) is 0. The number of rotatable bonds is 3. The predicted octanol–water partition coefficient (Wildman–Crippen LogP) is 2.63. The van der Waals surface area contributed by atoms with Crippen molar-refractivity contribution in [3.63, 3.8) is 0 Å². The zero-order valence-electron chi connectivity index (χ0n) is 12.0. The molecule has 6 nitrogen and oxygen atoms in total. The number of amides is 2. The van der Waals surface area contributed by atoms with Gasteiger partial charge in [0.05, 0.1) is 17.8 Å². The number of hydrogen-bond donors (Lipinski definition) is 3. The topological polar surface area (TPSA) is 87.1 Å². The highest BCUT2D eigenvalue weighted by Crippen LogP contribution is 2.24. The number of aliphatic hydroxyl groups is 1. The number of nitrogens with one attached hydrogen (secondary N) is 2. The van der Waals surface area contributed by atoms with Crippen LogP contribution in [-0.4, -0.2) is 33.3 Å². The van der Waals surface area contributed by atoms with Gasteiger partial charge in [-0.3, -0.25) is 10.3 Å². The minimum absolute atomic E-state index is 0.178. The van der Waals surface area contributed by atoms with E-state index in [1.54, 1.807) is 11.6 Å². The highest BCUT2D eigenvalue weighted by molar-refractivity contribution is 7.13. The summed E-state index contributed by atoms with van der Waals surface area (Å²) in [6.45, 7) is 0. The Kier molecular flexibility index (Phi) is 4.65. The van der Waals surface area contributed by atoms with Crippen LogP contribution in [0.2, 0.25) is 0 Å². The normalized spacial score (nSPS) is 21.3. The van der Waals surface area contributed by atoms with E-state index >= 15 is 0 Å². The molecule has 7 heteroatoms. The zero-order valence-corrected chi connectivity index (χ0v) is 12.8. The van der Waals surface area contributed by atoms with Crippen molar-refractivity contribution in [1.29, 1.82) is 0 Å². The Morgan fingerprint density at radius 2 is 2.18 bits per heavy atom. The largest absolute Gasteiger partial charge is 0.391 e. The average molecular weight is 318 g/mol. The second-order valence-electron chi connectivity index (χ2n) is 5.31. The lowest BCUT2D eigenvalue weighted by Crippen LogP contribution is -2.46. The molecule has 3 N–H and O–H groups in total. The van der Waals surface area contributed by atoms with Crippen LogP contribution in [0.25, 0.3) is 10.7 Å². The van der Waals surface area contributed by atoms with Gasteiger partial charge in [0, 0.05) is 11.6 Å². The van der Waals surface area contributed by atoms with Gasteiger partial charge in [-0.2, -0.15) is 0 Å². The fourth-order valence-electron chi connectivity index (χ4n) is 2.54. The molecule has 2 amide bonds. The molecule has 2 aromatic rings. The van der Waals surface area contributed by atoms with Crippen molar-refractivity contribution in [3.8, 4) is 10.7 Å². The van der Waals surface area contributed by atoms with Crippen molar-refractivity contribution in [1.82, 2.24) is 15.3 Å². The Balaban J connectivity index is 1.59. The molecule has 0 aromatic carbocycles. The summed E-state index contributed by atoms with van der Waals surface area (Å²) in [5.41, 5.74) is 0.781. The monoisotopic (exact) mass is 318 g/mol. The van der Waals surface area contributed by atoms with E-state index in [0.29, 0.717) is 5.82 Å². The summed E-state index contributed by atoms with van der Waals surface area (Å²) in [4.78, 5) is 20.6. The first-order valence-electron chi connectivity index (χ1n) is 7.35. The van der Waals surface area contributed by atoms with Gasteiger partial charge in [0.1, 0.15) is 10.8 Å². The maximum absolute atomic E-state index is 12.0. The van der Waals surface area contributed by atoms with Crippen LogP contribution < -0.4 is 10.6 Å². The number of anilines is 1. The molecule has 2 atom stereocenters. The highest BCUT2D eigenvalue weighted by atomic mass is 32.1. The molecule has 116 valence electrons. The van der Waals surface area contributed by atoms with Gasteiger partial charge in [-0.1, -0.05) is 18.9 Å². The van der Waals surface area contributed by atoms with Gasteiger partial charge in [0.25, 0.3) is 0 Å². The van der Waals surface area contributed by atoms with Crippen LogP contribution in [0.15, 0.2) is 29.8 Å². The van der Waals surface area contributed by atoms with Crippen molar-refractivity contribution < 1.29 is 9.90 Å². The molecule has 1 saturated carbocycles. The first-order valence-corrected chi connectivity index (χ1v) is 8.23. The molecule has 0 bridgehead atoms. The second kappa shape index (κ2) is 6.85. The Labute approximate surface area is 132 Å². The van der Waals surface area contributed by atoms with Gasteiger partial charge in [0.2, 0.25) is 0 Å². The number of carbonyl (C=O) groups is 1. The van der Waals surface area contributed by atoms with Gasteiger partial charge < -0.3 is 10.4 Å². The van der Waals surface area contributed by atoms with Crippen LogP contribution in [0.4, 0.5) is 10.6 Å². The Bertz CT molecular complexity index is 631. The van der Waals surface area contributed by atoms with E-state index in [9.17, 15) is 9.90 Å². The minimum atomic E-state index is -0.459. The number of pyridine rings is 1. The molecule has 1 aliphatic rings.